The van der Waals surface area contributed by atoms with Gasteiger partial charge in [0, 0.05) is 12.2 Å². The first-order valence-corrected chi connectivity index (χ1v) is 6.20. The lowest BCUT2D eigenvalue weighted by molar-refractivity contribution is 0.507. The zero-order valence-corrected chi connectivity index (χ0v) is 11.5. The Morgan fingerprint density at radius 2 is 2.00 bits per heavy atom. The highest BCUT2D eigenvalue weighted by Crippen LogP contribution is 2.11. The van der Waals surface area contributed by atoms with E-state index in [1.165, 1.54) is 6.07 Å². The summed E-state index contributed by atoms with van der Waals surface area (Å²) in [5, 5.41) is 2.92. The van der Waals surface area contributed by atoms with E-state index in [0.717, 1.165) is 12.1 Å². The number of anilines is 1. The molecule has 0 amide bonds. The number of hydrogen-bond donors (Lipinski definition) is 2. The van der Waals surface area contributed by atoms with E-state index in [-0.39, 0.29) is 11.5 Å². The van der Waals surface area contributed by atoms with E-state index in [0.29, 0.717) is 22.9 Å². The number of nitrogens with one attached hydrogen (secondary N) is 1. The van der Waals surface area contributed by atoms with Crippen LogP contribution in [0.4, 0.5) is 14.7 Å². The number of nitrogens with zero attached hydrogens (tertiary/aromatic N) is 2. The Bertz CT molecular complexity index is 661. The Morgan fingerprint density at radius 3 is 2.65 bits per heavy atom. The highest BCUT2D eigenvalue weighted by atomic mass is 32.1. The predicted molar refractivity (Wildman–Crippen MR) is 76.3 cm³/mol. The van der Waals surface area contributed by atoms with Crippen molar-refractivity contribution in [2.24, 2.45) is 5.73 Å². The van der Waals surface area contributed by atoms with Crippen LogP contribution in [0.3, 0.4) is 0 Å². The molecule has 4 nitrogen and oxygen atoms in total. The first kappa shape index (κ1) is 14.3. The zero-order valence-electron chi connectivity index (χ0n) is 10.7. The molecule has 20 heavy (non-hydrogen) atoms. The molecule has 7 heteroatoms. The first-order chi connectivity index (χ1) is 9.45. The van der Waals surface area contributed by atoms with Gasteiger partial charge in [-0.25, -0.2) is 18.7 Å². The largest absolute Gasteiger partial charge is 0.388 e. The van der Waals surface area contributed by atoms with Crippen LogP contribution in [0.15, 0.2) is 24.3 Å². The summed E-state index contributed by atoms with van der Waals surface area (Å²) in [6.45, 7) is 2.05. The third kappa shape index (κ3) is 3.45. The third-order valence-electron chi connectivity index (χ3n) is 2.54. The summed E-state index contributed by atoms with van der Waals surface area (Å²) in [5.41, 5.74) is 7.26. The van der Waals surface area contributed by atoms with Crippen molar-refractivity contribution in [1.29, 1.82) is 0 Å². The monoisotopic (exact) mass is 294 g/mol. The van der Waals surface area contributed by atoms with Gasteiger partial charge in [-0.15, -0.1) is 0 Å². The molecule has 0 aliphatic heterocycles. The second-order valence-electron chi connectivity index (χ2n) is 4.18. The van der Waals surface area contributed by atoms with Gasteiger partial charge in [-0.3, -0.25) is 0 Å². The van der Waals surface area contributed by atoms with Crippen LogP contribution in [0, 0.1) is 18.6 Å². The summed E-state index contributed by atoms with van der Waals surface area (Å²) in [6.07, 6.45) is 0. The van der Waals surface area contributed by atoms with Crippen LogP contribution in [0.25, 0.3) is 0 Å². The fourth-order valence-electron chi connectivity index (χ4n) is 1.60. The molecule has 0 fully saturated rings. The van der Waals surface area contributed by atoms with Gasteiger partial charge in [-0.05, 0) is 30.7 Å². The number of thiocarbonyl (C=S) groups is 1. The molecule has 0 atom stereocenters. The SMILES string of the molecule is Cc1cc(C(N)=S)nc(NCc2ccc(F)c(F)c2)n1. The van der Waals surface area contributed by atoms with Crippen LogP contribution >= 0.6 is 12.2 Å². The summed E-state index contributed by atoms with van der Waals surface area (Å²) in [4.78, 5) is 8.47. The van der Waals surface area contributed by atoms with E-state index in [4.69, 9.17) is 18.0 Å². The molecule has 0 saturated carbocycles. The number of halogens is 2. The maximum absolute atomic E-state index is 13.1. The van der Waals surface area contributed by atoms with Crippen LogP contribution < -0.4 is 11.1 Å². The van der Waals surface area contributed by atoms with E-state index in [9.17, 15) is 8.78 Å². The summed E-state index contributed by atoms with van der Waals surface area (Å²) in [5.74, 6) is -1.44. The Kier molecular flexibility index (Phi) is 4.19. The molecule has 2 aromatic rings. The highest BCUT2D eigenvalue weighted by molar-refractivity contribution is 7.80. The van der Waals surface area contributed by atoms with Crippen LogP contribution in [0.2, 0.25) is 0 Å². The minimum atomic E-state index is -0.890. The van der Waals surface area contributed by atoms with Crippen LogP contribution in [-0.4, -0.2) is 15.0 Å². The Hall–Kier alpha value is -2.15. The van der Waals surface area contributed by atoms with Gasteiger partial charge in [0.15, 0.2) is 11.6 Å². The van der Waals surface area contributed by atoms with Crippen molar-refractivity contribution in [2.45, 2.75) is 13.5 Å². The summed E-state index contributed by atoms with van der Waals surface area (Å²) < 4.78 is 25.9. The second-order valence-corrected chi connectivity index (χ2v) is 4.62. The number of rotatable bonds is 4. The summed E-state index contributed by atoms with van der Waals surface area (Å²) in [6, 6.07) is 5.34. The van der Waals surface area contributed by atoms with Crippen LogP contribution in [0.1, 0.15) is 17.0 Å². The molecule has 0 bridgehead atoms. The van der Waals surface area contributed by atoms with Gasteiger partial charge >= 0.3 is 0 Å². The van der Waals surface area contributed by atoms with Crippen LogP contribution in [0.5, 0.6) is 0 Å². The minimum Gasteiger partial charge on any atom is -0.388 e. The second kappa shape index (κ2) is 5.87. The third-order valence-corrected chi connectivity index (χ3v) is 2.75. The summed E-state index contributed by atoms with van der Waals surface area (Å²) >= 11 is 4.86. The van der Waals surface area contributed by atoms with E-state index in [2.05, 4.69) is 15.3 Å². The van der Waals surface area contributed by atoms with Crippen molar-refractivity contribution < 1.29 is 8.78 Å². The molecule has 2 rings (SSSR count). The lowest BCUT2D eigenvalue weighted by atomic mass is 10.2. The lowest BCUT2D eigenvalue weighted by Crippen LogP contribution is -2.14. The topological polar surface area (TPSA) is 63.8 Å². The van der Waals surface area contributed by atoms with Crippen molar-refractivity contribution in [1.82, 2.24) is 9.97 Å². The van der Waals surface area contributed by atoms with Crippen LogP contribution in [-0.2, 0) is 6.54 Å². The molecule has 1 aromatic heterocycles. The molecular formula is C13H12F2N4S. The smallest absolute Gasteiger partial charge is 0.223 e. The van der Waals surface area contributed by atoms with E-state index < -0.39 is 11.6 Å². The average Bonchev–Trinajstić information content (AvgIpc) is 2.39. The number of aromatic nitrogens is 2. The molecule has 104 valence electrons. The quantitative estimate of drug-likeness (QED) is 0.847. The molecule has 0 radical (unpaired) electrons. The van der Waals surface area contributed by atoms with Gasteiger partial charge in [-0.1, -0.05) is 18.3 Å². The van der Waals surface area contributed by atoms with Crippen molar-refractivity contribution in [3.05, 3.63) is 52.9 Å². The Labute approximate surface area is 120 Å². The zero-order chi connectivity index (χ0) is 14.7. The molecule has 3 N–H and O–H groups in total. The van der Waals surface area contributed by atoms with Gasteiger partial charge in [0.2, 0.25) is 5.95 Å². The molecule has 0 aliphatic rings. The first-order valence-electron chi connectivity index (χ1n) is 5.79. The maximum Gasteiger partial charge on any atom is 0.223 e. The Balaban J connectivity index is 2.14. The molecule has 1 aromatic carbocycles. The maximum atomic E-state index is 13.1. The van der Waals surface area contributed by atoms with Gasteiger partial charge in [-0.2, -0.15) is 0 Å². The number of benzene rings is 1. The summed E-state index contributed by atoms with van der Waals surface area (Å²) in [7, 11) is 0. The normalized spacial score (nSPS) is 10.3. The van der Waals surface area contributed by atoms with Gasteiger partial charge in [0.05, 0.1) is 0 Å². The van der Waals surface area contributed by atoms with E-state index in [1.54, 1.807) is 13.0 Å². The minimum absolute atomic E-state index is 0.173. The standard InChI is InChI=1S/C13H12F2N4S/c1-7-4-11(12(16)20)19-13(18-7)17-6-8-2-3-9(14)10(15)5-8/h2-5H,6H2,1H3,(H2,16,20)(H,17,18,19). The molecule has 0 saturated heterocycles. The fourth-order valence-corrected chi connectivity index (χ4v) is 1.71. The van der Waals surface area contributed by atoms with Gasteiger partial charge in [0.25, 0.3) is 0 Å². The van der Waals surface area contributed by atoms with Gasteiger partial charge in [0.1, 0.15) is 10.7 Å². The van der Waals surface area contributed by atoms with E-state index >= 15 is 0 Å². The molecular weight excluding hydrogens is 282 g/mol. The van der Waals surface area contributed by atoms with Crippen molar-refractivity contribution >= 4 is 23.2 Å². The molecule has 1 heterocycles. The molecule has 0 spiro atoms. The Morgan fingerprint density at radius 1 is 1.25 bits per heavy atom. The highest BCUT2D eigenvalue weighted by Gasteiger charge is 2.06. The van der Waals surface area contributed by atoms with E-state index in [1.807, 2.05) is 0 Å². The molecule has 0 unspecified atom stereocenters. The average molecular weight is 294 g/mol. The predicted octanol–water partition coefficient (Wildman–Crippen LogP) is 2.31. The number of aryl methyl sites for hydroxylation is 1. The number of nitrogens with two attached hydrogens (primary N) is 1. The van der Waals surface area contributed by atoms with Gasteiger partial charge < -0.3 is 11.1 Å². The lowest BCUT2D eigenvalue weighted by Gasteiger charge is -2.08. The van der Waals surface area contributed by atoms with Crippen molar-refractivity contribution in [2.75, 3.05) is 5.32 Å². The fraction of sp³-hybridized carbons (Fsp3) is 0.154. The molecule has 0 aliphatic carbocycles. The van der Waals surface area contributed by atoms with Crippen molar-refractivity contribution in [3.63, 3.8) is 0 Å². The number of hydrogen-bond acceptors (Lipinski definition) is 4. The van der Waals surface area contributed by atoms with Crippen molar-refractivity contribution in [3.8, 4) is 0 Å².